The second-order valence-electron chi connectivity index (χ2n) is 6.87. The highest BCUT2D eigenvalue weighted by Crippen LogP contribution is 2.31. The van der Waals surface area contributed by atoms with Crippen molar-refractivity contribution in [2.75, 3.05) is 26.2 Å². The lowest BCUT2D eigenvalue weighted by atomic mass is 9.82. The fourth-order valence-electron chi connectivity index (χ4n) is 3.49. The number of amides is 3. The highest BCUT2D eigenvalue weighted by atomic mass is 16.3. The van der Waals surface area contributed by atoms with Crippen LogP contribution in [0.2, 0.25) is 0 Å². The Bertz CT molecular complexity index is 474. The van der Waals surface area contributed by atoms with Gasteiger partial charge in [0.05, 0.1) is 17.9 Å². The minimum absolute atomic E-state index is 0.0819. The number of aliphatic hydroxyl groups is 1. The molecule has 1 aliphatic carbocycles. The largest absolute Gasteiger partial charge is 0.389 e. The van der Waals surface area contributed by atoms with E-state index in [-0.39, 0.29) is 31.3 Å². The van der Waals surface area contributed by atoms with Gasteiger partial charge in [-0.25, -0.2) is 0 Å². The molecule has 0 unspecified atom stereocenters. The molecule has 2 aliphatic rings. The molecule has 2 fully saturated rings. The Morgan fingerprint density at radius 2 is 1.65 bits per heavy atom. The molecule has 130 valence electrons. The predicted molar refractivity (Wildman–Crippen MR) is 84.2 cm³/mol. The molecule has 0 aromatic rings. The van der Waals surface area contributed by atoms with Crippen LogP contribution in [0.1, 0.15) is 45.4 Å². The second-order valence-corrected chi connectivity index (χ2v) is 6.87. The van der Waals surface area contributed by atoms with E-state index in [1.54, 1.807) is 9.80 Å². The lowest BCUT2D eigenvalue weighted by Gasteiger charge is -2.33. The highest BCUT2D eigenvalue weighted by molar-refractivity contribution is 5.82. The molecule has 2 rings (SSSR count). The molecule has 0 spiro atoms. The molecule has 7 nitrogen and oxygen atoms in total. The zero-order valence-electron chi connectivity index (χ0n) is 13.8. The highest BCUT2D eigenvalue weighted by Gasteiger charge is 2.36. The van der Waals surface area contributed by atoms with Crippen molar-refractivity contribution in [2.45, 2.75) is 51.0 Å². The molecule has 0 bridgehead atoms. The topological polar surface area (TPSA) is 104 Å². The summed E-state index contributed by atoms with van der Waals surface area (Å²) >= 11 is 0. The zero-order valence-corrected chi connectivity index (χ0v) is 13.8. The molecule has 0 aromatic heterocycles. The van der Waals surface area contributed by atoms with E-state index in [1.165, 1.54) is 6.92 Å². The summed E-state index contributed by atoms with van der Waals surface area (Å²) in [6.45, 7) is 2.68. The van der Waals surface area contributed by atoms with Gasteiger partial charge in [-0.2, -0.15) is 0 Å². The van der Waals surface area contributed by atoms with Crippen molar-refractivity contribution in [1.82, 2.24) is 9.80 Å². The molecule has 23 heavy (non-hydrogen) atoms. The summed E-state index contributed by atoms with van der Waals surface area (Å²) in [5, 5.41) is 10.6. The number of primary amides is 1. The van der Waals surface area contributed by atoms with Gasteiger partial charge in [0.15, 0.2) is 0 Å². The standard InChI is InChI=1S/C16H27N3O4/c1-12(20)18-7-8-19(11-13(10-18)15(17)22)14(21)9-16(23)5-3-2-4-6-16/h13,23H,2-11H2,1H3,(H2,17,22)/t13-/m0/s1. The maximum atomic E-state index is 12.6. The first-order chi connectivity index (χ1) is 10.8. The summed E-state index contributed by atoms with van der Waals surface area (Å²) in [4.78, 5) is 38.9. The summed E-state index contributed by atoms with van der Waals surface area (Å²) in [7, 11) is 0. The van der Waals surface area contributed by atoms with E-state index < -0.39 is 17.4 Å². The van der Waals surface area contributed by atoms with Crippen molar-refractivity contribution in [1.29, 1.82) is 0 Å². The van der Waals surface area contributed by atoms with Gasteiger partial charge in [0.2, 0.25) is 17.7 Å². The fourth-order valence-corrected chi connectivity index (χ4v) is 3.49. The SMILES string of the molecule is CC(=O)N1CCN(C(=O)CC2(O)CCCCC2)C[C@@H](C(N)=O)C1. The Balaban J connectivity index is 2.03. The van der Waals surface area contributed by atoms with Crippen molar-refractivity contribution >= 4 is 17.7 Å². The van der Waals surface area contributed by atoms with Crippen molar-refractivity contribution < 1.29 is 19.5 Å². The lowest BCUT2D eigenvalue weighted by molar-refractivity contribution is -0.138. The van der Waals surface area contributed by atoms with Gasteiger partial charge in [-0.05, 0) is 12.8 Å². The number of nitrogens with zero attached hydrogens (tertiary/aromatic N) is 2. The van der Waals surface area contributed by atoms with Crippen LogP contribution in [-0.2, 0) is 14.4 Å². The molecule has 1 heterocycles. The van der Waals surface area contributed by atoms with E-state index in [9.17, 15) is 19.5 Å². The van der Waals surface area contributed by atoms with E-state index in [0.717, 1.165) is 19.3 Å². The molecule has 3 amide bonds. The van der Waals surface area contributed by atoms with E-state index in [2.05, 4.69) is 0 Å². The van der Waals surface area contributed by atoms with Crippen LogP contribution < -0.4 is 5.73 Å². The van der Waals surface area contributed by atoms with Crippen molar-refractivity contribution in [3.05, 3.63) is 0 Å². The third-order valence-corrected chi connectivity index (χ3v) is 4.99. The summed E-state index contributed by atoms with van der Waals surface area (Å²) in [6.07, 6.45) is 4.34. The van der Waals surface area contributed by atoms with Gasteiger partial charge in [0, 0.05) is 33.1 Å². The Labute approximate surface area is 136 Å². The van der Waals surface area contributed by atoms with Crippen LogP contribution in [0.3, 0.4) is 0 Å². The van der Waals surface area contributed by atoms with Crippen LogP contribution in [0, 0.1) is 5.92 Å². The van der Waals surface area contributed by atoms with Gasteiger partial charge in [-0.3, -0.25) is 14.4 Å². The van der Waals surface area contributed by atoms with Crippen molar-refractivity contribution in [3.63, 3.8) is 0 Å². The number of hydrogen-bond donors (Lipinski definition) is 2. The van der Waals surface area contributed by atoms with Crippen molar-refractivity contribution in [2.24, 2.45) is 11.7 Å². The number of hydrogen-bond acceptors (Lipinski definition) is 4. The number of carbonyl (C=O) groups is 3. The van der Waals surface area contributed by atoms with Gasteiger partial charge >= 0.3 is 0 Å². The first-order valence-electron chi connectivity index (χ1n) is 8.36. The molecule has 0 radical (unpaired) electrons. The zero-order chi connectivity index (χ0) is 17.0. The lowest BCUT2D eigenvalue weighted by Crippen LogP contribution is -2.44. The molecule has 3 N–H and O–H groups in total. The third-order valence-electron chi connectivity index (χ3n) is 4.99. The minimum Gasteiger partial charge on any atom is -0.389 e. The summed E-state index contributed by atoms with van der Waals surface area (Å²) in [5.41, 5.74) is 4.48. The van der Waals surface area contributed by atoms with Crippen LogP contribution in [0.15, 0.2) is 0 Å². The first-order valence-corrected chi connectivity index (χ1v) is 8.36. The molecule has 1 saturated heterocycles. The summed E-state index contributed by atoms with van der Waals surface area (Å²) in [5.74, 6) is -1.36. The van der Waals surface area contributed by atoms with E-state index >= 15 is 0 Å². The summed E-state index contributed by atoms with van der Waals surface area (Å²) in [6, 6.07) is 0. The molecule has 1 aliphatic heterocycles. The molecular weight excluding hydrogens is 298 g/mol. The molecule has 1 saturated carbocycles. The maximum Gasteiger partial charge on any atom is 0.225 e. The smallest absolute Gasteiger partial charge is 0.225 e. The molecule has 1 atom stereocenters. The predicted octanol–water partition coefficient (Wildman–Crippen LogP) is -0.136. The second kappa shape index (κ2) is 7.29. The Kier molecular flexibility index (Phi) is 5.62. The van der Waals surface area contributed by atoms with Crippen LogP contribution in [0.4, 0.5) is 0 Å². The van der Waals surface area contributed by atoms with Crippen LogP contribution in [-0.4, -0.2) is 64.4 Å². The van der Waals surface area contributed by atoms with Gasteiger partial charge in [0.1, 0.15) is 0 Å². The molecule has 0 aromatic carbocycles. The number of nitrogens with two attached hydrogens (primary N) is 1. The summed E-state index contributed by atoms with van der Waals surface area (Å²) < 4.78 is 0. The Morgan fingerprint density at radius 3 is 2.22 bits per heavy atom. The van der Waals surface area contributed by atoms with Crippen molar-refractivity contribution in [3.8, 4) is 0 Å². The quantitative estimate of drug-likeness (QED) is 0.754. The van der Waals surface area contributed by atoms with E-state index in [1.807, 2.05) is 0 Å². The van der Waals surface area contributed by atoms with Gasteiger partial charge in [0.25, 0.3) is 0 Å². The van der Waals surface area contributed by atoms with E-state index in [4.69, 9.17) is 5.73 Å². The molecular formula is C16H27N3O4. The van der Waals surface area contributed by atoms with Crippen LogP contribution >= 0.6 is 0 Å². The Morgan fingerprint density at radius 1 is 1.09 bits per heavy atom. The van der Waals surface area contributed by atoms with Crippen LogP contribution in [0.25, 0.3) is 0 Å². The fraction of sp³-hybridized carbons (Fsp3) is 0.812. The van der Waals surface area contributed by atoms with Gasteiger partial charge < -0.3 is 20.6 Å². The van der Waals surface area contributed by atoms with E-state index in [0.29, 0.717) is 25.9 Å². The van der Waals surface area contributed by atoms with Crippen LogP contribution in [0.5, 0.6) is 0 Å². The third kappa shape index (κ3) is 4.67. The minimum atomic E-state index is -0.926. The number of rotatable bonds is 3. The number of carbonyl (C=O) groups excluding carboxylic acids is 3. The monoisotopic (exact) mass is 325 g/mol. The molecule has 7 heteroatoms. The maximum absolute atomic E-state index is 12.6. The van der Waals surface area contributed by atoms with Gasteiger partial charge in [-0.1, -0.05) is 19.3 Å². The average molecular weight is 325 g/mol. The van der Waals surface area contributed by atoms with Gasteiger partial charge in [-0.15, -0.1) is 0 Å². The normalized spacial score (nSPS) is 24.9. The average Bonchev–Trinajstić information content (AvgIpc) is 2.70. The first kappa shape index (κ1) is 17.7. The Hall–Kier alpha value is -1.63.